The monoisotopic (exact) mass is 442 g/mol. The van der Waals surface area contributed by atoms with Gasteiger partial charge in [-0.3, -0.25) is 19.9 Å². The van der Waals surface area contributed by atoms with Gasteiger partial charge in [0.15, 0.2) is 10.8 Å². The van der Waals surface area contributed by atoms with E-state index in [2.05, 4.69) is 10.2 Å². The van der Waals surface area contributed by atoms with Gasteiger partial charge in [0.1, 0.15) is 11.2 Å². The molecule has 1 saturated heterocycles. The van der Waals surface area contributed by atoms with Gasteiger partial charge in [-0.25, -0.2) is 4.98 Å². The number of fused-ring (bicyclic) bond motifs is 1. The molecule has 1 aliphatic heterocycles. The molecule has 3 aromatic rings. The van der Waals surface area contributed by atoms with E-state index in [4.69, 9.17) is 19.9 Å². The molecule has 1 fully saturated rings. The number of aromatic nitrogens is 4. The molecule has 10 heteroatoms. The van der Waals surface area contributed by atoms with Crippen LogP contribution in [-0.2, 0) is 9.53 Å². The van der Waals surface area contributed by atoms with Crippen LogP contribution in [-0.4, -0.2) is 69.2 Å². The van der Waals surface area contributed by atoms with Gasteiger partial charge in [0.05, 0.1) is 31.0 Å². The van der Waals surface area contributed by atoms with Crippen molar-refractivity contribution < 1.29 is 14.3 Å². The Labute approximate surface area is 184 Å². The van der Waals surface area contributed by atoms with Gasteiger partial charge in [0.2, 0.25) is 5.91 Å². The molecule has 4 rings (SSSR count). The average molecular weight is 443 g/mol. The summed E-state index contributed by atoms with van der Waals surface area (Å²) in [5.74, 6) is 0.802. The number of hydrogen-bond donors (Lipinski definition) is 2. The molecule has 2 aromatic heterocycles. The number of benzene rings is 1. The second-order valence-corrected chi connectivity index (χ2v) is 8.45. The fraction of sp³-hybridized carbons (Fsp3) is 0.429. The average Bonchev–Trinajstić information content (AvgIpc) is 3.18. The van der Waals surface area contributed by atoms with Crippen LogP contribution in [0.5, 0.6) is 5.75 Å². The lowest BCUT2D eigenvalue weighted by Gasteiger charge is -2.30. The number of rotatable bonds is 6. The van der Waals surface area contributed by atoms with E-state index in [1.54, 1.807) is 11.7 Å². The zero-order valence-electron chi connectivity index (χ0n) is 17.8. The minimum Gasteiger partial charge on any atom is -0.497 e. The number of ether oxygens (including phenoxy) is 2. The van der Waals surface area contributed by atoms with Crippen LogP contribution in [0.25, 0.3) is 16.7 Å². The van der Waals surface area contributed by atoms with E-state index in [-0.39, 0.29) is 16.6 Å². The first kappa shape index (κ1) is 21.4. The molecule has 164 valence electrons. The normalized spacial score (nSPS) is 15.3. The van der Waals surface area contributed by atoms with E-state index in [9.17, 15) is 4.79 Å². The van der Waals surface area contributed by atoms with Crippen LogP contribution in [0.2, 0.25) is 0 Å². The summed E-state index contributed by atoms with van der Waals surface area (Å²) in [6.45, 7) is 6.19. The smallest absolute Gasteiger partial charge is 0.236 e. The van der Waals surface area contributed by atoms with Crippen LogP contribution in [0, 0.1) is 12.3 Å². The lowest BCUT2D eigenvalue weighted by Crippen LogP contribution is -2.44. The van der Waals surface area contributed by atoms with Crippen molar-refractivity contribution >= 4 is 28.7 Å². The van der Waals surface area contributed by atoms with Gasteiger partial charge in [-0.05, 0) is 37.6 Å². The summed E-state index contributed by atoms with van der Waals surface area (Å²) in [4.78, 5) is 19.7. The first-order valence-electron chi connectivity index (χ1n) is 10.2. The molecule has 9 nitrogen and oxygen atoms in total. The predicted octanol–water partition coefficient (Wildman–Crippen LogP) is 2.27. The van der Waals surface area contributed by atoms with Crippen molar-refractivity contribution in [3.63, 3.8) is 0 Å². The standard InChI is InChI=1S/C21H26N6O3S/c1-4-16(20(28)26-9-11-30-12-10-26)31-21-23-19-17(13(2)24-25-19)18(22)27(21)14-5-7-15(29-3)8-6-14/h5-8,16,22H,4,9-12H2,1-3H3,(H,24,25)/t16-/m1/s1. The molecule has 0 aliphatic carbocycles. The number of morpholine rings is 1. The van der Waals surface area contributed by atoms with E-state index in [0.29, 0.717) is 48.9 Å². The third kappa shape index (κ3) is 4.17. The SMILES string of the molecule is CC[C@@H](Sc1nc2n[nH]c(C)c2c(=N)n1-c1ccc(OC)cc1)C(=O)N1CCOCC1. The first-order valence-corrected chi connectivity index (χ1v) is 11.1. The molecule has 0 unspecified atom stereocenters. The van der Waals surface area contributed by atoms with Crippen LogP contribution >= 0.6 is 11.8 Å². The third-order valence-electron chi connectivity index (χ3n) is 5.33. The Bertz CT molecular complexity index is 1130. The molecular formula is C21H26N6O3S. The number of aryl methyl sites for hydroxylation is 1. The van der Waals surface area contributed by atoms with Crippen LogP contribution in [0.3, 0.4) is 0 Å². The van der Waals surface area contributed by atoms with Crippen LogP contribution in [0.15, 0.2) is 29.4 Å². The summed E-state index contributed by atoms with van der Waals surface area (Å²) in [7, 11) is 1.62. The largest absolute Gasteiger partial charge is 0.497 e. The Morgan fingerprint density at radius 3 is 2.68 bits per heavy atom. The van der Waals surface area contributed by atoms with Gasteiger partial charge < -0.3 is 14.4 Å². The van der Waals surface area contributed by atoms with Gasteiger partial charge in [-0.15, -0.1) is 0 Å². The number of carbonyl (C=O) groups is 1. The number of methoxy groups -OCH3 is 1. The second-order valence-electron chi connectivity index (χ2n) is 7.28. The summed E-state index contributed by atoms with van der Waals surface area (Å²) < 4.78 is 12.4. The van der Waals surface area contributed by atoms with Crippen molar-refractivity contribution in [2.45, 2.75) is 30.7 Å². The first-order chi connectivity index (χ1) is 15.0. The maximum atomic E-state index is 13.1. The maximum absolute atomic E-state index is 13.1. The molecule has 0 saturated carbocycles. The van der Waals surface area contributed by atoms with Crippen molar-refractivity contribution in [3.8, 4) is 11.4 Å². The van der Waals surface area contributed by atoms with Gasteiger partial charge >= 0.3 is 0 Å². The highest BCUT2D eigenvalue weighted by atomic mass is 32.2. The topological polar surface area (TPSA) is 109 Å². The summed E-state index contributed by atoms with van der Waals surface area (Å²) >= 11 is 1.37. The lowest BCUT2D eigenvalue weighted by molar-refractivity contribution is -0.134. The van der Waals surface area contributed by atoms with E-state index in [1.807, 2.05) is 43.0 Å². The highest BCUT2D eigenvalue weighted by Gasteiger charge is 2.28. The minimum atomic E-state index is -0.313. The van der Waals surface area contributed by atoms with Gasteiger partial charge in [0, 0.05) is 24.5 Å². The zero-order chi connectivity index (χ0) is 22.0. The number of carbonyl (C=O) groups excluding carboxylic acids is 1. The highest BCUT2D eigenvalue weighted by Crippen LogP contribution is 2.29. The number of amides is 1. The number of hydrogen-bond acceptors (Lipinski definition) is 7. The number of thioether (sulfide) groups is 1. The van der Waals surface area contributed by atoms with Crippen molar-refractivity contribution in [2.75, 3.05) is 33.4 Å². The molecular weight excluding hydrogens is 416 g/mol. The van der Waals surface area contributed by atoms with E-state index >= 15 is 0 Å². The van der Waals surface area contributed by atoms with E-state index in [1.165, 1.54) is 11.8 Å². The third-order valence-corrected chi connectivity index (χ3v) is 6.63. The molecule has 31 heavy (non-hydrogen) atoms. The predicted molar refractivity (Wildman–Crippen MR) is 118 cm³/mol. The van der Waals surface area contributed by atoms with Gasteiger partial charge in [-0.1, -0.05) is 18.7 Å². The van der Waals surface area contributed by atoms with Crippen LogP contribution < -0.4 is 10.2 Å². The van der Waals surface area contributed by atoms with E-state index < -0.39 is 0 Å². The van der Waals surface area contributed by atoms with Crippen LogP contribution in [0.4, 0.5) is 0 Å². The molecule has 1 atom stereocenters. The summed E-state index contributed by atoms with van der Waals surface area (Å²) in [5.41, 5.74) is 2.31. The molecule has 2 N–H and O–H groups in total. The highest BCUT2D eigenvalue weighted by molar-refractivity contribution is 8.00. The number of nitrogens with one attached hydrogen (secondary N) is 2. The fourth-order valence-corrected chi connectivity index (χ4v) is 4.71. The Morgan fingerprint density at radius 1 is 1.32 bits per heavy atom. The van der Waals surface area contributed by atoms with Crippen molar-refractivity contribution in [3.05, 3.63) is 35.4 Å². The number of aromatic amines is 1. The molecule has 1 aliphatic rings. The maximum Gasteiger partial charge on any atom is 0.236 e. The Balaban J connectivity index is 1.78. The summed E-state index contributed by atoms with van der Waals surface area (Å²) in [5, 5.41) is 17.0. The van der Waals surface area contributed by atoms with Crippen molar-refractivity contribution in [1.82, 2.24) is 24.6 Å². The Kier molecular flexibility index (Phi) is 6.28. The minimum absolute atomic E-state index is 0.0729. The van der Waals surface area contributed by atoms with Crippen molar-refractivity contribution in [2.24, 2.45) is 0 Å². The number of H-pyrrole nitrogens is 1. The Hall–Kier alpha value is -2.85. The van der Waals surface area contributed by atoms with Gasteiger partial charge in [0.25, 0.3) is 0 Å². The van der Waals surface area contributed by atoms with Crippen molar-refractivity contribution in [1.29, 1.82) is 5.41 Å². The molecule has 0 bridgehead atoms. The quantitative estimate of drug-likeness (QED) is 0.448. The lowest BCUT2D eigenvalue weighted by atomic mass is 10.2. The van der Waals surface area contributed by atoms with Gasteiger partial charge in [-0.2, -0.15) is 5.10 Å². The fourth-order valence-electron chi connectivity index (χ4n) is 3.60. The van der Waals surface area contributed by atoms with E-state index in [0.717, 1.165) is 17.1 Å². The molecule has 0 radical (unpaired) electrons. The zero-order valence-corrected chi connectivity index (χ0v) is 18.7. The number of nitrogens with zero attached hydrogens (tertiary/aromatic N) is 4. The second kappa shape index (κ2) is 9.11. The summed E-state index contributed by atoms with van der Waals surface area (Å²) in [6.07, 6.45) is 0.649. The summed E-state index contributed by atoms with van der Waals surface area (Å²) in [6, 6.07) is 7.46. The molecule has 1 amide bonds. The molecule has 3 heterocycles. The molecule has 0 spiro atoms. The Morgan fingerprint density at radius 2 is 2.03 bits per heavy atom. The molecule has 1 aromatic carbocycles. The van der Waals surface area contributed by atoms with Crippen LogP contribution in [0.1, 0.15) is 19.0 Å².